The zero-order valence-corrected chi connectivity index (χ0v) is 12.5. The van der Waals surface area contributed by atoms with Gasteiger partial charge in [-0.05, 0) is 65.0 Å². The molecule has 2 aromatic rings. The fourth-order valence-corrected chi connectivity index (χ4v) is 3.41. The van der Waals surface area contributed by atoms with Gasteiger partial charge in [-0.2, -0.15) is 0 Å². The van der Waals surface area contributed by atoms with Crippen molar-refractivity contribution in [2.75, 3.05) is 7.05 Å². The molecule has 2 atom stereocenters. The predicted molar refractivity (Wildman–Crippen MR) is 81.2 cm³/mol. The molecule has 98 valence electrons. The zero-order chi connectivity index (χ0) is 13.2. The van der Waals surface area contributed by atoms with Crippen LogP contribution in [0.5, 0.6) is 0 Å². The summed E-state index contributed by atoms with van der Waals surface area (Å²) in [5.41, 5.74) is 4.12. The smallest absolute Gasteiger partial charge is 0.0714 e. The van der Waals surface area contributed by atoms with Gasteiger partial charge in [-0.25, -0.2) is 0 Å². The minimum atomic E-state index is 0.300. The van der Waals surface area contributed by atoms with Gasteiger partial charge in [-0.15, -0.1) is 0 Å². The van der Waals surface area contributed by atoms with E-state index in [1.54, 1.807) is 0 Å². The molecule has 3 heteroatoms. The number of benzene rings is 1. The average Bonchev–Trinajstić information content (AvgIpc) is 2.42. The number of nitrogens with one attached hydrogen (secondary N) is 1. The number of hydrogen-bond donors (Lipinski definition) is 1. The Morgan fingerprint density at radius 2 is 2.16 bits per heavy atom. The molecule has 1 aromatic carbocycles. The lowest BCUT2D eigenvalue weighted by Gasteiger charge is -2.33. The molecule has 19 heavy (non-hydrogen) atoms. The van der Waals surface area contributed by atoms with E-state index in [9.17, 15) is 0 Å². The Morgan fingerprint density at radius 3 is 2.89 bits per heavy atom. The summed E-state index contributed by atoms with van der Waals surface area (Å²) in [6.45, 7) is 0. The fourth-order valence-electron chi connectivity index (χ4n) is 2.88. The second kappa shape index (κ2) is 5.43. The first-order valence-electron chi connectivity index (χ1n) is 6.65. The molecule has 0 saturated heterocycles. The third-order valence-corrected chi connectivity index (χ3v) is 4.62. The van der Waals surface area contributed by atoms with Crippen molar-refractivity contribution in [3.05, 3.63) is 63.9 Å². The minimum Gasteiger partial charge on any atom is -0.312 e. The summed E-state index contributed by atoms with van der Waals surface area (Å²) in [5.74, 6) is 0.655. The second-order valence-electron chi connectivity index (χ2n) is 5.05. The molecule has 3 rings (SSSR count). The number of pyridine rings is 1. The largest absolute Gasteiger partial charge is 0.312 e. The lowest BCUT2D eigenvalue weighted by atomic mass is 9.74. The third kappa shape index (κ3) is 2.45. The Hall–Kier alpha value is -1.19. The molecule has 0 saturated carbocycles. The van der Waals surface area contributed by atoms with Crippen LogP contribution in [0.3, 0.4) is 0 Å². The quantitative estimate of drug-likeness (QED) is 0.927. The van der Waals surface area contributed by atoms with E-state index in [-0.39, 0.29) is 0 Å². The van der Waals surface area contributed by atoms with E-state index in [0.29, 0.717) is 12.0 Å². The molecule has 1 aromatic heterocycles. The summed E-state index contributed by atoms with van der Waals surface area (Å²) in [4.78, 5) is 4.51. The number of nitrogens with zero attached hydrogens (tertiary/aromatic N) is 1. The first kappa shape index (κ1) is 12.8. The topological polar surface area (TPSA) is 24.9 Å². The number of rotatable bonds is 4. The maximum absolute atomic E-state index is 4.51. The van der Waals surface area contributed by atoms with Crippen LogP contribution in [-0.2, 0) is 6.42 Å². The molecule has 0 spiro atoms. The highest BCUT2D eigenvalue weighted by atomic mass is 79.9. The summed E-state index contributed by atoms with van der Waals surface area (Å²) in [6, 6.07) is 13.1. The molecule has 0 radical (unpaired) electrons. The van der Waals surface area contributed by atoms with Gasteiger partial charge in [0.25, 0.3) is 0 Å². The molecule has 2 nitrogen and oxygen atoms in total. The van der Waals surface area contributed by atoms with Crippen molar-refractivity contribution < 1.29 is 0 Å². The maximum atomic E-state index is 4.51. The van der Waals surface area contributed by atoms with Crippen molar-refractivity contribution in [1.82, 2.24) is 10.3 Å². The fraction of sp³-hybridized carbons (Fsp3) is 0.312. The van der Waals surface area contributed by atoms with Gasteiger partial charge < -0.3 is 5.32 Å². The Bertz CT molecular complexity index is 582. The maximum Gasteiger partial charge on any atom is 0.0714 e. The number of aromatic nitrogens is 1. The highest BCUT2D eigenvalue weighted by molar-refractivity contribution is 9.10. The van der Waals surface area contributed by atoms with Gasteiger partial charge in [-0.1, -0.05) is 24.3 Å². The van der Waals surface area contributed by atoms with Crippen molar-refractivity contribution >= 4 is 15.9 Å². The summed E-state index contributed by atoms with van der Waals surface area (Å²) in [6.07, 6.45) is 4.15. The van der Waals surface area contributed by atoms with Crippen molar-refractivity contribution in [2.45, 2.75) is 24.8 Å². The molecule has 0 aliphatic heterocycles. The summed E-state index contributed by atoms with van der Waals surface area (Å²) < 4.78 is 1.09. The first-order chi connectivity index (χ1) is 9.29. The van der Waals surface area contributed by atoms with E-state index < -0.39 is 0 Å². The highest BCUT2D eigenvalue weighted by Gasteiger charge is 2.29. The van der Waals surface area contributed by atoms with Crippen LogP contribution in [0.1, 0.15) is 35.2 Å². The third-order valence-electron chi connectivity index (χ3n) is 3.95. The van der Waals surface area contributed by atoms with Crippen LogP contribution in [0.15, 0.2) is 47.1 Å². The van der Waals surface area contributed by atoms with Crippen LogP contribution in [-0.4, -0.2) is 12.0 Å². The minimum absolute atomic E-state index is 0.300. The van der Waals surface area contributed by atoms with Crippen molar-refractivity contribution in [3.8, 4) is 0 Å². The predicted octanol–water partition coefficient (Wildman–Crippen LogP) is 3.83. The van der Waals surface area contributed by atoms with Gasteiger partial charge in [0.05, 0.1) is 11.7 Å². The van der Waals surface area contributed by atoms with E-state index in [2.05, 4.69) is 56.6 Å². The Morgan fingerprint density at radius 1 is 1.32 bits per heavy atom. The van der Waals surface area contributed by atoms with Crippen LogP contribution in [0.4, 0.5) is 0 Å². The van der Waals surface area contributed by atoms with Gasteiger partial charge in [0.1, 0.15) is 0 Å². The van der Waals surface area contributed by atoms with Gasteiger partial charge in [0, 0.05) is 10.7 Å². The van der Waals surface area contributed by atoms with E-state index in [1.165, 1.54) is 17.5 Å². The van der Waals surface area contributed by atoms with Gasteiger partial charge in [-0.3, -0.25) is 4.98 Å². The van der Waals surface area contributed by atoms with Crippen molar-refractivity contribution in [2.24, 2.45) is 0 Å². The van der Waals surface area contributed by atoms with Crippen LogP contribution < -0.4 is 5.32 Å². The lowest BCUT2D eigenvalue weighted by Crippen LogP contribution is -2.25. The summed E-state index contributed by atoms with van der Waals surface area (Å²) in [7, 11) is 2.01. The highest BCUT2D eigenvalue weighted by Crippen LogP contribution is 2.41. The summed E-state index contributed by atoms with van der Waals surface area (Å²) >= 11 is 3.60. The molecule has 1 N–H and O–H groups in total. The SMILES string of the molecule is CNC(CC1Cc2ccccc21)c1ncccc1Br. The van der Waals surface area contributed by atoms with Gasteiger partial charge in [0.15, 0.2) is 0 Å². The van der Waals surface area contributed by atoms with Gasteiger partial charge >= 0.3 is 0 Å². The van der Waals surface area contributed by atoms with Crippen LogP contribution in [0.25, 0.3) is 0 Å². The molecular formula is C16H17BrN2. The van der Waals surface area contributed by atoms with Crippen molar-refractivity contribution in [1.29, 1.82) is 0 Å². The molecular weight excluding hydrogens is 300 g/mol. The molecule has 0 fully saturated rings. The van der Waals surface area contributed by atoms with E-state index >= 15 is 0 Å². The second-order valence-corrected chi connectivity index (χ2v) is 5.90. The monoisotopic (exact) mass is 316 g/mol. The molecule has 0 amide bonds. The average molecular weight is 317 g/mol. The summed E-state index contributed by atoms with van der Waals surface area (Å²) in [5, 5.41) is 3.40. The lowest BCUT2D eigenvalue weighted by molar-refractivity contribution is 0.444. The number of hydrogen-bond acceptors (Lipinski definition) is 2. The van der Waals surface area contributed by atoms with E-state index in [4.69, 9.17) is 0 Å². The van der Waals surface area contributed by atoms with Gasteiger partial charge in [0.2, 0.25) is 0 Å². The number of fused-ring (bicyclic) bond motifs is 1. The molecule has 1 aliphatic carbocycles. The molecule has 2 unspecified atom stereocenters. The molecule has 0 bridgehead atoms. The number of halogens is 1. The first-order valence-corrected chi connectivity index (χ1v) is 7.44. The van der Waals surface area contributed by atoms with E-state index in [0.717, 1.165) is 16.6 Å². The normalized spacial score (nSPS) is 18.5. The zero-order valence-electron chi connectivity index (χ0n) is 10.9. The standard InChI is InChI=1S/C16H17BrN2/c1-18-15(16-14(17)7-4-8-19-16)10-12-9-11-5-2-3-6-13(11)12/h2-8,12,15,18H,9-10H2,1H3. The molecule has 1 heterocycles. The Balaban J connectivity index is 1.78. The van der Waals surface area contributed by atoms with Crippen molar-refractivity contribution in [3.63, 3.8) is 0 Å². The molecule has 1 aliphatic rings. The van der Waals surface area contributed by atoms with E-state index in [1.807, 2.05) is 19.3 Å². The Labute approximate surface area is 122 Å². The van der Waals surface area contributed by atoms with Crippen LogP contribution in [0, 0.1) is 0 Å². The van der Waals surface area contributed by atoms with Crippen LogP contribution >= 0.6 is 15.9 Å². The Kier molecular flexibility index (Phi) is 3.67. The van der Waals surface area contributed by atoms with Crippen LogP contribution in [0.2, 0.25) is 0 Å².